The predicted octanol–water partition coefficient (Wildman–Crippen LogP) is 3.46. The number of rotatable bonds is 4. The third-order valence-corrected chi connectivity index (χ3v) is 5.68. The van der Waals surface area contributed by atoms with Crippen molar-refractivity contribution in [3.63, 3.8) is 0 Å². The van der Waals surface area contributed by atoms with Crippen LogP contribution in [-0.4, -0.2) is 24.8 Å². The lowest BCUT2D eigenvalue weighted by Crippen LogP contribution is -2.49. The molecule has 0 spiro atoms. The van der Waals surface area contributed by atoms with Gasteiger partial charge in [-0.2, -0.15) is 0 Å². The number of hydrogen-bond acceptors (Lipinski definition) is 3. The number of fused-ring (bicyclic) bond motifs is 1. The van der Waals surface area contributed by atoms with Gasteiger partial charge in [-0.25, -0.2) is 4.79 Å². The molecular formula is C16H24N2O2S. The molecule has 1 saturated heterocycles. The molecular weight excluding hydrogens is 284 g/mol. The average Bonchev–Trinajstić information content (AvgIpc) is 3.16. The van der Waals surface area contributed by atoms with Crippen LogP contribution < -0.4 is 10.6 Å². The maximum absolute atomic E-state index is 12.3. The zero-order valence-electron chi connectivity index (χ0n) is 12.5. The van der Waals surface area contributed by atoms with Gasteiger partial charge in [0.2, 0.25) is 0 Å². The molecule has 3 rings (SSSR count). The van der Waals surface area contributed by atoms with E-state index >= 15 is 0 Å². The molecule has 21 heavy (non-hydrogen) atoms. The molecule has 2 fully saturated rings. The molecule has 5 heteroatoms. The molecule has 0 bridgehead atoms. The Hall–Kier alpha value is -1.07. The van der Waals surface area contributed by atoms with Crippen molar-refractivity contribution in [2.45, 2.75) is 57.2 Å². The van der Waals surface area contributed by atoms with Crippen LogP contribution in [0.3, 0.4) is 0 Å². The van der Waals surface area contributed by atoms with Crippen LogP contribution in [0, 0.1) is 5.92 Å². The van der Waals surface area contributed by atoms with E-state index in [0.717, 1.165) is 38.7 Å². The van der Waals surface area contributed by atoms with E-state index in [1.165, 1.54) is 4.88 Å². The van der Waals surface area contributed by atoms with Crippen molar-refractivity contribution in [2.24, 2.45) is 5.92 Å². The van der Waals surface area contributed by atoms with Gasteiger partial charge in [0.25, 0.3) is 0 Å². The van der Waals surface area contributed by atoms with E-state index < -0.39 is 0 Å². The summed E-state index contributed by atoms with van der Waals surface area (Å²) >= 11 is 1.70. The Morgan fingerprint density at radius 2 is 2.38 bits per heavy atom. The van der Waals surface area contributed by atoms with Gasteiger partial charge in [0.1, 0.15) is 0 Å². The summed E-state index contributed by atoms with van der Waals surface area (Å²) in [6.07, 6.45) is 5.73. The second-order valence-corrected chi connectivity index (χ2v) is 6.97. The molecule has 2 amide bonds. The van der Waals surface area contributed by atoms with Gasteiger partial charge in [-0.3, -0.25) is 0 Å². The Balaban J connectivity index is 1.56. The largest absolute Gasteiger partial charge is 0.378 e. The molecule has 2 heterocycles. The standard InChI is InChI=1S/C16H24N2O2S/c1-2-12(15-7-4-10-21-15)17-16(19)18-13-5-3-6-14-11(13)8-9-20-14/h4,7,10-14H,2-3,5-6,8-9H2,1H3,(H2,17,18,19). The molecule has 0 aromatic carbocycles. The Morgan fingerprint density at radius 3 is 3.14 bits per heavy atom. The molecule has 4 atom stereocenters. The summed E-state index contributed by atoms with van der Waals surface area (Å²) in [5.74, 6) is 0.506. The van der Waals surface area contributed by atoms with E-state index in [-0.39, 0.29) is 18.1 Å². The second kappa shape index (κ2) is 6.79. The van der Waals surface area contributed by atoms with Crippen LogP contribution in [0.5, 0.6) is 0 Å². The zero-order chi connectivity index (χ0) is 14.7. The summed E-state index contributed by atoms with van der Waals surface area (Å²) in [6, 6.07) is 4.47. The van der Waals surface area contributed by atoms with Crippen molar-refractivity contribution in [1.82, 2.24) is 10.6 Å². The number of ether oxygens (including phenoxy) is 1. The summed E-state index contributed by atoms with van der Waals surface area (Å²) in [7, 11) is 0. The smallest absolute Gasteiger partial charge is 0.315 e. The zero-order valence-corrected chi connectivity index (χ0v) is 13.3. The fourth-order valence-electron chi connectivity index (χ4n) is 3.59. The van der Waals surface area contributed by atoms with Gasteiger partial charge in [0, 0.05) is 23.4 Å². The third kappa shape index (κ3) is 3.40. The second-order valence-electron chi connectivity index (χ2n) is 5.99. The highest BCUT2D eigenvalue weighted by atomic mass is 32.1. The summed E-state index contributed by atoms with van der Waals surface area (Å²) in [6.45, 7) is 2.95. The normalized spacial score (nSPS) is 29.7. The van der Waals surface area contributed by atoms with E-state index in [2.05, 4.69) is 29.0 Å². The van der Waals surface area contributed by atoms with Crippen LogP contribution >= 0.6 is 11.3 Å². The highest BCUT2D eigenvalue weighted by molar-refractivity contribution is 7.10. The van der Waals surface area contributed by atoms with Gasteiger partial charge in [0.05, 0.1) is 12.1 Å². The van der Waals surface area contributed by atoms with Gasteiger partial charge < -0.3 is 15.4 Å². The number of thiophene rings is 1. The predicted molar refractivity (Wildman–Crippen MR) is 84.5 cm³/mol. The molecule has 0 radical (unpaired) electrons. The van der Waals surface area contributed by atoms with E-state index in [9.17, 15) is 4.79 Å². The summed E-state index contributed by atoms with van der Waals surface area (Å²) < 4.78 is 5.76. The molecule has 1 aromatic heterocycles. The molecule has 4 nitrogen and oxygen atoms in total. The van der Waals surface area contributed by atoms with Crippen LogP contribution in [0.25, 0.3) is 0 Å². The van der Waals surface area contributed by atoms with E-state index in [1.54, 1.807) is 11.3 Å². The number of carbonyl (C=O) groups is 1. The van der Waals surface area contributed by atoms with Gasteiger partial charge in [-0.1, -0.05) is 13.0 Å². The minimum atomic E-state index is -0.0344. The molecule has 1 aliphatic heterocycles. The molecule has 1 aliphatic carbocycles. The molecule has 116 valence electrons. The number of hydrogen-bond donors (Lipinski definition) is 2. The first-order valence-corrected chi connectivity index (χ1v) is 8.88. The van der Waals surface area contributed by atoms with E-state index in [0.29, 0.717) is 12.0 Å². The Bertz CT molecular complexity index is 463. The molecule has 1 aromatic rings. The summed E-state index contributed by atoms with van der Waals surface area (Å²) in [5.41, 5.74) is 0. The first kappa shape index (κ1) is 14.9. The number of amides is 2. The first-order valence-electron chi connectivity index (χ1n) is 8.00. The fraction of sp³-hybridized carbons (Fsp3) is 0.688. The molecule has 1 saturated carbocycles. The van der Waals surface area contributed by atoms with Crippen LogP contribution in [0.1, 0.15) is 49.9 Å². The van der Waals surface area contributed by atoms with Crippen molar-refractivity contribution >= 4 is 17.4 Å². The summed E-state index contributed by atoms with van der Waals surface area (Å²) in [4.78, 5) is 13.5. The monoisotopic (exact) mass is 308 g/mol. The maximum Gasteiger partial charge on any atom is 0.315 e. The lowest BCUT2D eigenvalue weighted by molar-refractivity contribution is 0.0549. The van der Waals surface area contributed by atoms with Crippen molar-refractivity contribution in [3.05, 3.63) is 22.4 Å². The molecule has 4 unspecified atom stereocenters. The van der Waals surface area contributed by atoms with E-state index in [1.807, 2.05) is 6.07 Å². The quantitative estimate of drug-likeness (QED) is 0.895. The van der Waals surface area contributed by atoms with Gasteiger partial charge in [-0.05, 0) is 43.6 Å². The Kier molecular flexibility index (Phi) is 4.80. The summed E-state index contributed by atoms with van der Waals surface area (Å²) in [5, 5.41) is 8.36. The van der Waals surface area contributed by atoms with Crippen molar-refractivity contribution < 1.29 is 9.53 Å². The number of urea groups is 1. The minimum absolute atomic E-state index is 0.0344. The van der Waals surface area contributed by atoms with Crippen LogP contribution in [-0.2, 0) is 4.74 Å². The fourth-order valence-corrected chi connectivity index (χ4v) is 4.45. The molecule has 2 aliphatic rings. The number of carbonyl (C=O) groups excluding carboxylic acids is 1. The van der Waals surface area contributed by atoms with Crippen LogP contribution in [0.2, 0.25) is 0 Å². The van der Waals surface area contributed by atoms with Gasteiger partial charge in [-0.15, -0.1) is 11.3 Å². The van der Waals surface area contributed by atoms with Crippen molar-refractivity contribution in [3.8, 4) is 0 Å². The highest BCUT2D eigenvalue weighted by Crippen LogP contribution is 2.34. The van der Waals surface area contributed by atoms with Crippen molar-refractivity contribution in [2.75, 3.05) is 6.61 Å². The van der Waals surface area contributed by atoms with Gasteiger partial charge >= 0.3 is 6.03 Å². The highest BCUT2D eigenvalue weighted by Gasteiger charge is 2.38. The van der Waals surface area contributed by atoms with Crippen molar-refractivity contribution in [1.29, 1.82) is 0 Å². The average molecular weight is 308 g/mol. The maximum atomic E-state index is 12.3. The van der Waals surface area contributed by atoms with Gasteiger partial charge in [0.15, 0.2) is 0 Å². The molecule has 2 N–H and O–H groups in total. The third-order valence-electron chi connectivity index (χ3n) is 4.70. The van der Waals surface area contributed by atoms with E-state index in [4.69, 9.17) is 4.74 Å². The Morgan fingerprint density at radius 1 is 1.48 bits per heavy atom. The lowest BCUT2D eigenvalue weighted by atomic mass is 9.82. The first-order chi connectivity index (χ1) is 10.3. The Labute approximate surface area is 130 Å². The lowest BCUT2D eigenvalue weighted by Gasteiger charge is -2.33. The SMILES string of the molecule is CCC(NC(=O)NC1CCCC2OCCC12)c1cccs1. The number of nitrogens with one attached hydrogen (secondary N) is 2. The van der Waals surface area contributed by atoms with Crippen LogP contribution in [0.4, 0.5) is 4.79 Å². The van der Waals surface area contributed by atoms with Crippen LogP contribution in [0.15, 0.2) is 17.5 Å². The topological polar surface area (TPSA) is 50.4 Å². The minimum Gasteiger partial charge on any atom is -0.378 e.